The molecule has 1 fully saturated rings. The number of nitrogen functional groups attached to an aromatic ring is 1. The van der Waals surface area contributed by atoms with Crippen LogP contribution in [0.4, 0.5) is 5.82 Å². The Bertz CT molecular complexity index is 1630. The predicted octanol–water partition coefficient (Wildman–Crippen LogP) is 3.79. The summed E-state index contributed by atoms with van der Waals surface area (Å²) in [6.07, 6.45) is 5.83. The van der Waals surface area contributed by atoms with Gasteiger partial charge in [0, 0.05) is 23.9 Å². The molecule has 2 aromatic heterocycles. The highest BCUT2D eigenvalue weighted by Crippen LogP contribution is 2.52. The fourth-order valence-corrected chi connectivity index (χ4v) is 6.24. The number of aryl methyl sites for hydroxylation is 1. The lowest BCUT2D eigenvalue weighted by Crippen LogP contribution is -2.34. The van der Waals surface area contributed by atoms with E-state index in [0.717, 1.165) is 29.4 Å². The molecule has 12 heteroatoms. The SMILES string of the molecule is CCCc1cc(=O)oc2c3c(c4c(c12)OC(C)(C)C=C4)O[C@H](C)[C@@H](C)[C@@H]3O.Nc1ccn([C@@H]2CS[C@H](CO)O2)c(=O)n1. The number of nitrogens with zero attached hydrogens (tertiary/aromatic N) is 2. The molecule has 42 heavy (non-hydrogen) atoms. The highest BCUT2D eigenvalue weighted by molar-refractivity contribution is 8.00. The van der Waals surface area contributed by atoms with Gasteiger partial charge in [0.1, 0.15) is 40.7 Å². The molecule has 0 bridgehead atoms. The smallest absolute Gasteiger partial charge is 0.351 e. The second kappa shape index (κ2) is 11.8. The van der Waals surface area contributed by atoms with E-state index in [1.54, 1.807) is 12.3 Å². The fourth-order valence-electron chi connectivity index (χ4n) is 5.31. The summed E-state index contributed by atoms with van der Waals surface area (Å²) in [5.41, 5.74) is 6.40. The third-order valence-electron chi connectivity index (χ3n) is 7.67. The van der Waals surface area contributed by atoms with Crippen LogP contribution >= 0.6 is 11.8 Å². The number of rotatable bonds is 4. The fraction of sp³-hybridized carbons (Fsp3) is 0.500. The molecule has 0 amide bonds. The number of nitrogens with two attached hydrogens (primary N) is 1. The number of aromatic nitrogens is 2. The standard InChI is InChI=1S/C22H26O5.C8H11N3O3S/c1-6-7-13-10-15(23)26-21-16(13)20-14(8-9-22(4,5)27-20)19-17(21)18(24)11(2)12(3)25-19;9-5-1-2-11(8(13)10-5)6-4-15-7(3-12)14-6/h8-12,18,24H,6-7H2,1-5H3;1-2,6-7,12H,3-4H2,(H2,9,10,13)/t11-,12-,18+;6-,7+/m10/s1. The summed E-state index contributed by atoms with van der Waals surface area (Å²) in [6.45, 7) is 9.85. The van der Waals surface area contributed by atoms with Crippen LogP contribution < -0.4 is 26.5 Å². The zero-order chi connectivity index (χ0) is 30.3. The van der Waals surface area contributed by atoms with Gasteiger partial charge in [0.2, 0.25) is 0 Å². The number of aliphatic hydroxyl groups is 2. The van der Waals surface area contributed by atoms with E-state index in [-0.39, 0.29) is 36.1 Å². The molecule has 5 atom stereocenters. The van der Waals surface area contributed by atoms with Gasteiger partial charge in [-0.15, -0.1) is 11.8 Å². The second-order valence-electron chi connectivity index (χ2n) is 11.3. The van der Waals surface area contributed by atoms with Crippen molar-refractivity contribution in [3.8, 4) is 11.5 Å². The van der Waals surface area contributed by atoms with Gasteiger partial charge in [-0.1, -0.05) is 20.3 Å². The van der Waals surface area contributed by atoms with E-state index in [4.69, 9.17) is 29.5 Å². The number of anilines is 1. The van der Waals surface area contributed by atoms with E-state index in [1.807, 2.05) is 39.8 Å². The summed E-state index contributed by atoms with van der Waals surface area (Å²) >= 11 is 1.47. The van der Waals surface area contributed by atoms with E-state index in [2.05, 4.69) is 11.9 Å². The molecular formula is C30H37N3O8S. The van der Waals surface area contributed by atoms with Crippen LogP contribution in [-0.2, 0) is 11.2 Å². The van der Waals surface area contributed by atoms with Crippen LogP contribution in [0, 0.1) is 5.92 Å². The number of fused-ring (bicyclic) bond motifs is 6. The van der Waals surface area contributed by atoms with Crippen molar-refractivity contribution < 1.29 is 28.8 Å². The quantitative estimate of drug-likeness (QED) is 0.375. The molecule has 3 aliphatic rings. The average molecular weight is 600 g/mol. The predicted molar refractivity (Wildman–Crippen MR) is 161 cm³/mol. The van der Waals surface area contributed by atoms with Crippen molar-refractivity contribution >= 4 is 34.6 Å². The van der Waals surface area contributed by atoms with Crippen LogP contribution in [0.3, 0.4) is 0 Å². The van der Waals surface area contributed by atoms with E-state index in [1.165, 1.54) is 22.4 Å². The van der Waals surface area contributed by atoms with Gasteiger partial charge < -0.3 is 34.6 Å². The molecule has 0 unspecified atom stereocenters. The summed E-state index contributed by atoms with van der Waals surface area (Å²) < 4.78 is 24.9. The number of hydrogen-bond acceptors (Lipinski definition) is 11. The molecule has 1 aromatic carbocycles. The molecular weight excluding hydrogens is 562 g/mol. The third-order valence-corrected chi connectivity index (χ3v) is 8.78. The average Bonchev–Trinajstić information content (AvgIpc) is 3.40. The summed E-state index contributed by atoms with van der Waals surface area (Å²) in [5.74, 6) is 1.91. The van der Waals surface area contributed by atoms with Crippen molar-refractivity contribution in [3.05, 3.63) is 62.0 Å². The minimum absolute atomic E-state index is 0.0572. The highest BCUT2D eigenvalue weighted by atomic mass is 32.2. The molecule has 11 nitrogen and oxygen atoms in total. The van der Waals surface area contributed by atoms with Crippen LogP contribution in [0.2, 0.25) is 0 Å². The second-order valence-corrected chi connectivity index (χ2v) is 12.5. The zero-order valence-corrected chi connectivity index (χ0v) is 25.1. The van der Waals surface area contributed by atoms with Gasteiger partial charge in [0.25, 0.3) is 0 Å². The normalized spacial score (nSPS) is 25.5. The molecule has 3 aromatic rings. The molecule has 4 N–H and O–H groups in total. The Morgan fingerprint density at radius 1 is 1.24 bits per heavy atom. The van der Waals surface area contributed by atoms with Gasteiger partial charge in [-0.05, 0) is 51.0 Å². The zero-order valence-electron chi connectivity index (χ0n) is 24.3. The largest absolute Gasteiger partial charge is 0.489 e. The molecule has 0 aliphatic carbocycles. The van der Waals surface area contributed by atoms with Crippen molar-refractivity contribution in [2.45, 2.75) is 76.9 Å². The maximum atomic E-state index is 12.3. The number of hydrogen-bond donors (Lipinski definition) is 3. The monoisotopic (exact) mass is 599 g/mol. The number of thioether (sulfide) groups is 1. The van der Waals surface area contributed by atoms with Crippen LogP contribution in [0.5, 0.6) is 11.5 Å². The van der Waals surface area contributed by atoms with Crippen molar-refractivity contribution in [2.24, 2.45) is 5.92 Å². The number of aliphatic hydroxyl groups excluding tert-OH is 2. The van der Waals surface area contributed by atoms with Gasteiger partial charge >= 0.3 is 11.3 Å². The lowest BCUT2D eigenvalue weighted by Gasteiger charge is -2.37. The van der Waals surface area contributed by atoms with Crippen molar-refractivity contribution in [2.75, 3.05) is 18.1 Å². The lowest BCUT2D eigenvalue weighted by molar-refractivity contribution is -0.00629. The first-order valence-corrected chi connectivity index (χ1v) is 15.1. The van der Waals surface area contributed by atoms with Gasteiger partial charge in [0.05, 0.1) is 29.2 Å². The highest BCUT2D eigenvalue weighted by Gasteiger charge is 2.39. The Morgan fingerprint density at radius 2 is 2.00 bits per heavy atom. The minimum atomic E-state index is -0.778. The first kappa shape index (κ1) is 30.1. The van der Waals surface area contributed by atoms with E-state index in [0.29, 0.717) is 28.4 Å². The summed E-state index contributed by atoms with van der Waals surface area (Å²) in [4.78, 5) is 27.3. The molecule has 5 heterocycles. The van der Waals surface area contributed by atoms with Crippen LogP contribution in [0.1, 0.15) is 70.1 Å². The van der Waals surface area contributed by atoms with Crippen LogP contribution in [0.15, 0.2) is 38.4 Å². The Balaban J connectivity index is 0.000000199. The number of benzene rings is 1. The molecule has 226 valence electrons. The summed E-state index contributed by atoms with van der Waals surface area (Å²) in [5, 5.41) is 20.7. The Labute approximate surface area is 247 Å². The van der Waals surface area contributed by atoms with Gasteiger partial charge in [-0.3, -0.25) is 4.57 Å². The van der Waals surface area contributed by atoms with E-state index in [9.17, 15) is 14.7 Å². The van der Waals surface area contributed by atoms with Gasteiger partial charge in [-0.2, -0.15) is 4.98 Å². The van der Waals surface area contributed by atoms with E-state index >= 15 is 0 Å². The Hall–Kier alpha value is -3.32. The Kier molecular flexibility index (Phi) is 8.44. The molecule has 3 aliphatic heterocycles. The van der Waals surface area contributed by atoms with Crippen molar-refractivity contribution in [1.29, 1.82) is 0 Å². The van der Waals surface area contributed by atoms with Crippen LogP contribution in [-0.4, -0.2) is 49.3 Å². The Morgan fingerprint density at radius 3 is 2.67 bits per heavy atom. The molecule has 0 radical (unpaired) electrons. The van der Waals surface area contributed by atoms with E-state index < -0.39 is 23.0 Å². The number of ether oxygens (including phenoxy) is 3. The first-order chi connectivity index (χ1) is 19.9. The maximum Gasteiger partial charge on any atom is 0.351 e. The summed E-state index contributed by atoms with van der Waals surface area (Å²) in [6, 6.07) is 3.08. The van der Waals surface area contributed by atoms with Gasteiger partial charge in [0.15, 0.2) is 5.58 Å². The summed E-state index contributed by atoms with van der Waals surface area (Å²) in [7, 11) is 0. The van der Waals surface area contributed by atoms with Gasteiger partial charge in [-0.25, -0.2) is 9.59 Å². The third kappa shape index (κ3) is 5.68. The molecule has 6 rings (SSSR count). The maximum absolute atomic E-state index is 12.3. The van der Waals surface area contributed by atoms with Crippen LogP contribution in [0.25, 0.3) is 17.0 Å². The lowest BCUT2D eigenvalue weighted by atomic mass is 9.85. The van der Waals surface area contributed by atoms with Crippen molar-refractivity contribution in [3.63, 3.8) is 0 Å². The van der Waals surface area contributed by atoms with Crippen molar-refractivity contribution in [1.82, 2.24) is 9.55 Å². The molecule has 0 spiro atoms. The molecule has 0 saturated carbocycles. The minimum Gasteiger partial charge on any atom is -0.489 e. The molecule has 1 saturated heterocycles. The first-order valence-electron chi connectivity index (χ1n) is 14.1. The topological polar surface area (TPSA) is 159 Å².